The van der Waals surface area contributed by atoms with Gasteiger partial charge in [0.25, 0.3) is 0 Å². The minimum atomic E-state index is -0.570. The summed E-state index contributed by atoms with van der Waals surface area (Å²) in [7, 11) is 0. The van der Waals surface area contributed by atoms with Crippen LogP contribution in [0.4, 0.5) is 4.39 Å². The highest BCUT2D eigenvalue weighted by molar-refractivity contribution is 7.17. The maximum absolute atomic E-state index is 14.3. The van der Waals surface area contributed by atoms with Crippen LogP contribution in [0.2, 0.25) is 0 Å². The first-order valence-electron chi connectivity index (χ1n) is 11.1. The number of halogens is 1. The number of fused-ring (bicyclic) bond motifs is 2. The van der Waals surface area contributed by atoms with Gasteiger partial charge in [-0.2, -0.15) is 0 Å². The summed E-state index contributed by atoms with van der Waals surface area (Å²) in [5, 5.41) is 4.01. The van der Waals surface area contributed by atoms with Crippen molar-refractivity contribution in [2.75, 3.05) is 0 Å². The van der Waals surface area contributed by atoms with E-state index in [1.807, 2.05) is 44.4 Å². The van der Waals surface area contributed by atoms with Crippen LogP contribution in [0, 0.1) is 12.7 Å². The van der Waals surface area contributed by atoms with Gasteiger partial charge in [-0.05, 0) is 80.6 Å². The Morgan fingerprint density at radius 3 is 2.53 bits per heavy atom. The van der Waals surface area contributed by atoms with Crippen LogP contribution >= 0.6 is 11.3 Å². The molecule has 0 unspecified atom stereocenters. The average Bonchev–Trinajstić information content (AvgIpc) is 3.31. The highest BCUT2D eigenvalue weighted by Crippen LogP contribution is 2.42. The molecule has 0 saturated carbocycles. The van der Waals surface area contributed by atoms with Crippen LogP contribution in [0.15, 0.2) is 66.3 Å². The van der Waals surface area contributed by atoms with E-state index in [1.165, 1.54) is 6.07 Å². The van der Waals surface area contributed by atoms with Gasteiger partial charge in [0.05, 0.1) is 0 Å². The lowest BCUT2D eigenvalue weighted by Gasteiger charge is -2.20. The molecule has 0 N–H and O–H groups in total. The second-order valence-electron chi connectivity index (χ2n) is 9.39. The van der Waals surface area contributed by atoms with Crippen LogP contribution in [0.1, 0.15) is 26.5 Å². The SMILES string of the molecule is Cc1c(-c2csc3cc(-c4ccncc4)ccc23)c2cc(F)ccc2n1CC(=O)OC(C)(C)C. The molecule has 0 atom stereocenters. The number of carbonyl (C=O) groups excluding carboxylic acids is 1. The molecule has 6 heteroatoms. The van der Waals surface area contributed by atoms with Crippen molar-refractivity contribution in [1.82, 2.24) is 9.55 Å². The largest absolute Gasteiger partial charge is 0.459 e. The normalized spacial score (nSPS) is 11.9. The van der Waals surface area contributed by atoms with E-state index in [0.717, 1.165) is 48.9 Å². The summed E-state index contributed by atoms with van der Waals surface area (Å²) in [5.74, 6) is -0.622. The molecule has 2 aromatic carbocycles. The molecule has 0 aliphatic rings. The Kier molecular flexibility index (Phi) is 5.48. The predicted octanol–water partition coefficient (Wildman–Crippen LogP) is 7.37. The number of benzene rings is 2. The van der Waals surface area contributed by atoms with E-state index >= 15 is 0 Å². The van der Waals surface area contributed by atoms with Gasteiger partial charge in [0.15, 0.2) is 0 Å². The summed E-state index contributed by atoms with van der Waals surface area (Å²) in [5.41, 5.74) is 5.37. The van der Waals surface area contributed by atoms with E-state index in [4.69, 9.17) is 4.74 Å². The third kappa shape index (κ3) is 4.10. The van der Waals surface area contributed by atoms with E-state index in [0.29, 0.717) is 0 Å². The Balaban J connectivity index is 1.64. The lowest BCUT2D eigenvalue weighted by molar-refractivity contribution is -0.155. The van der Waals surface area contributed by atoms with Crippen LogP contribution < -0.4 is 0 Å². The summed E-state index contributed by atoms with van der Waals surface area (Å²) >= 11 is 1.66. The number of rotatable bonds is 4. The summed E-state index contributed by atoms with van der Waals surface area (Å²) in [6.07, 6.45) is 3.58. The van der Waals surface area contributed by atoms with Crippen molar-refractivity contribution >= 4 is 38.3 Å². The number of ether oxygens (including phenoxy) is 1. The van der Waals surface area contributed by atoms with Crippen LogP contribution in [0.25, 0.3) is 43.2 Å². The van der Waals surface area contributed by atoms with Crippen molar-refractivity contribution in [3.05, 3.63) is 77.8 Å². The molecule has 0 bridgehead atoms. The summed E-state index contributed by atoms with van der Waals surface area (Å²) < 4.78 is 23.0. The molecule has 172 valence electrons. The molecular weight excluding hydrogens is 447 g/mol. The third-order valence-electron chi connectivity index (χ3n) is 5.85. The zero-order chi connectivity index (χ0) is 24.0. The van der Waals surface area contributed by atoms with Crippen molar-refractivity contribution in [1.29, 1.82) is 0 Å². The first-order valence-corrected chi connectivity index (χ1v) is 12.0. The molecule has 34 heavy (non-hydrogen) atoms. The van der Waals surface area contributed by atoms with Crippen molar-refractivity contribution in [3.63, 3.8) is 0 Å². The topological polar surface area (TPSA) is 44.1 Å². The maximum Gasteiger partial charge on any atom is 0.326 e. The molecule has 0 aliphatic carbocycles. The second kappa shape index (κ2) is 8.37. The molecule has 3 heterocycles. The zero-order valence-corrected chi connectivity index (χ0v) is 20.4. The number of aromatic nitrogens is 2. The third-order valence-corrected chi connectivity index (χ3v) is 6.80. The van der Waals surface area contributed by atoms with Crippen molar-refractivity contribution in [2.24, 2.45) is 0 Å². The molecule has 3 aromatic heterocycles. The molecule has 0 saturated heterocycles. The maximum atomic E-state index is 14.3. The van der Waals surface area contributed by atoms with Crippen molar-refractivity contribution in [3.8, 4) is 22.3 Å². The van der Waals surface area contributed by atoms with E-state index in [1.54, 1.807) is 35.9 Å². The monoisotopic (exact) mass is 472 g/mol. The number of hydrogen-bond acceptors (Lipinski definition) is 4. The minimum absolute atomic E-state index is 0.0689. The summed E-state index contributed by atoms with van der Waals surface area (Å²) in [6, 6.07) is 15.1. The Hall–Kier alpha value is -3.51. The number of thiophene rings is 1. The smallest absolute Gasteiger partial charge is 0.326 e. The minimum Gasteiger partial charge on any atom is -0.459 e. The van der Waals surface area contributed by atoms with Gasteiger partial charge < -0.3 is 9.30 Å². The molecule has 0 aliphatic heterocycles. The highest BCUT2D eigenvalue weighted by atomic mass is 32.1. The zero-order valence-electron chi connectivity index (χ0n) is 19.6. The molecule has 0 spiro atoms. The molecule has 5 rings (SSSR count). The molecule has 0 radical (unpaired) electrons. The van der Waals surface area contributed by atoms with Gasteiger partial charge in [-0.15, -0.1) is 11.3 Å². The Morgan fingerprint density at radius 1 is 1.03 bits per heavy atom. The van der Waals surface area contributed by atoms with Crippen molar-refractivity contribution < 1.29 is 13.9 Å². The molecular formula is C28H25FN2O2S. The van der Waals surface area contributed by atoms with E-state index < -0.39 is 5.60 Å². The van der Waals surface area contributed by atoms with Crippen molar-refractivity contribution in [2.45, 2.75) is 39.8 Å². The van der Waals surface area contributed by atoms with Gasteiger partial charge in [0.2, 0.25) is 0 Å². The number of esters is 1. The molecule has 5 aromatic rings. The lowest BCUT2D eigenvalue weighted by Crippen LogP contribution is -2.26. The van der Waals surface area contributed by atoms with Crippen LogP contribution in [0.5, 0.6) is 0 Å². The summed E-state index contributed by atoms with van der Waals surface area (Å²) in [4.78, 5) is 16.8. The van der Waals surface area contributed by atoms with Crippen LogP contribution in [0.3, 0.4) is 0 Å². The van der Waals surface area contributed by atoms with Gasteiger partial charge in [0, 0.05) is 50.2 Å². The molecule has 0 amide bonds. The highest BCUT2D eigenvalue weighted by Gasteiger charge is 2.23. The first kappa shape index (κ1) is 22.3. The fourth-order valence-corrected chi connectivity index (χ4v) is 5.44. The fraction of sp³-hybridized carbons (Fsp3) is 0.214. The number of hydrogen-bond donors (Lipinski definition) is 0. The fourth-order valence-electron chi connectivity index (χ4n) is 4.45. The van der Waals surface area contributed by atoms with E-state index in [-0.39, 0.29) is 18.3 Å². The number of carbonyl (C=O) groups is 1. The van der Waals surface area contributed by atoms with Gasteiger partial charge in [-0.1, -0.05) is 12.1 Å². The summed E-state index contributed by atoms with van der Waals surface area (Å²) in [6.45, 7) is 7.60. The van der Waals surface area contributed by atoms with Gasteiger partial charge in [-0.3, -0.25) is 9.78 Å². The number of nitrogens with zero attached hydrogens (tertiary/aromatic N) is 2. The quantitative estimate of drug-likeness (QED) is 0.256. The van der Waals surface area contributed by atoms with Crippen LogP contribution in [-0.4, -0.2) is 21.1 Å². The van der Waals surface area contributed by atoms with E-state index in [9.17, 15) is 9.18 Å². The second-order valence-corrected chi connectivity index (χ2v) is 10.3. The van der Waals surface area contributed by atoms with Crippen LogP contribution in [-0.2, 0) is 16.1 Å². The molecule has 4 nitrogen and oxygen atoms in total. The van der Waals surface area contributed by atoms with Gasteiger partial charge >= 0.3 is 5.97 Å². The molecule has 0 fully saturated rings. The van der Waals surface area contributed by atoms with Gasteiger partial charge in [0.1, 0.15) is 18.0 Å². The average molecular weight is 473 g/mol. The predicted molar refractivity (Wildman–Crippen MR) is 137 cm³/mol. The lowest BCUT2D eigenvalue weighted by atomic mass is 9.99. The number of pyridine rings is 1. The Morgan fingerprint density at radius 2 is 1.79 bits per heavy atom. The Bertz CT molecular complexity index is 1530. The standard InChI is InChI=1S/C28H25FN2O2S/c1-17-27(22-14-20(29)6-8-24(22)31(17)15-26(32)33-28(2,3)4)23-16-34-25-13-19(5-7-21(23)25)18-9-11-30-12-10-18/h5-14,16H,15H2,1-4H3. The Labute approximate surface area is 201 Å². The van der Waals surface area contributed by atoms with Gasteiger partial charge in [-0.25, -0.2) is 4.39 Å². The van der Waals surface area contributed by atoms with E-state index in [2.05, 4.69) is 28.6 Å². The first-order chi connectivity index (χ1) is 16.2.